The minimum absolute atomic E-state index is 0.569. The SMILES string of the molecule is C1=CC=C2CC(=C1)N=C(n1c3nc4ccccc4c-3cc3cc(-c4ccc5c6ccccc6n(-c6ccccc6)c5c4)cc(-c4ccc5c6ccccc6n(-c6ccccc6)c5c4)c31)N=C2c1ccccc1. The molecule has 0 radical (unpaired) electrons. The van der Waals surface area contributed by atoms with Gasteiger partial charge in [-0.1, -0.05) is 164 Å². The number of nitrogens with zero attached hydrogens (tertiary/aromatic N) is 6. The second kappa shape index (κ2) is 16.0. The Morgan fingerprint density at radius 3 is 1.64 bits per heavy atom. The van der Waals surface area contributed by atoms with Gasteiger partial charge >= 0.3 is 0 Å². The maximum absolute atomic E-state index is 5.65. The van der Waals surface area contributed by atoms with E-state index in [1.54, 1.807) is 0 Å². The van der Waals surface area contributed by atoms with E-state index in [1.165, 1.54) is 27.1 Å². The molecule has 5 heterocycles. The van der Waals surface area contributed by atoms with Crippen LogP contribution in [0.2, 0.25) is 0 Å². The van der Waals surface area contributed by atoms with Gasteiger partial charge in [-0.15, -0.1) is 0 Å². The quantitative estimate of drug-likeness (QED) is 0.170. The summed E-state index contributed by atoms with van der Waals surface area (Å²) in [5, 5.41) is 6.98. The Labute approximate surface area is 414 Å². The molecule has 15 rings (SSSR count). The monoisotopic (exact) mass is 918 g/mol. The maximum Gasteiger partial charge on any atom is 0.236 e. The Bertz CT molecular complexity index is 4500. The lowest BCUT2D eigenvalue weighted by Gasteiger charge is -2.21. The van der Waals surface area contributed by atoms with E-state index in [2.05, 4.69) is 256 Å². The highest BCUT2D eigenvalue weighted by Gasteiger charge is 2.28. The molecule has 0 N–H and O–H groups in total. The van der Waals surface area contributed by atoms with Crippen LogP contribution in [0.3, 0.4) is 0 Å². The van der Waals surface area contributed by atoms with Crippen LogP contribution in [0.4, 0.5) is 0 Å². The van der Waals surface area contributed by atoms with Gasteiger partial charge in [0, 0.05) is 72.5 Å². The van der Waals surface area contributed by atoms with Crippen molar-refractivity contribution < 1.29 is 0 Å². The fraction of sp³-hybridized carbons (Fsp3) is 0.0152. The summed E-state index contributed by atoms with van der Waals surface area (Å²) < 4.78 is 7.05. The van der Waals surface area contributed by atoms with Gasteiger partial charge in [0.05, 0.1) is 38.8 Å². The molecular formula is C66H42N6. The number of pyridine rings is 1. The van der Waals surface area contributed by atoms with Crippen LogP contribution in [0.15, 0.2) is 264 Å². The number of hydrogen-bond acceptors (Lipinski definition) is 3. The summed E-state index contributed by atoms with van der Waals surface area (Å²) in [7, 11) is 0. The lowest BCUT2D eigenvalue weighted by atomic mass is 9.93. The summed E-state index contributed by atoms with van der Waals surface area (Å²) in [5.74, 6) is 1.37. The van der Waals surface area contributed by atoms with Crippen molar-refractivity contribution in [2.45, 2.75) is 6.42 Å². The third kappa shape index (κ3) is 6.26. The highest BCUT2D eigenvalue weighted by atomic mass is 15.2. The first kappa shape index (κ1) is 40.3. The van der Waals surface area contributed by atoms with Gasteiger partial charge in [-0.2, -0.15) is 0 Å². The number of para-hydroxylation sites is 5. The summed E-state index contributed by atoms with van der Waals surface area (Å²) in [4.78, 5) is 16.7. The molecule has 0 unspecified atom stereocenters. The number of benzene rings is 9. The van der Waals surface area contributed by atoms with Crippen LogP contribution in [0, 0.1) is 0 Å². The van der Waals surface area contributed by atoms with Gasteiger partial charge in [-0.25, -0.2) is 15.0 Å². The molecule has 0 saturated carbocycles. The van der Waals surface area contributed by atoms with Crippen LogP contribution >= 0.6 is 0 Å². The molecule has 0 saturated heterocycles. The molecule has 1 aliphatic carbocycles. The lowest BCUT2D eigenvalue weighted by Crippen LogP contribution is -2.17. The third-order valence-corrected chi connectivity index (χ3v) is 14.6. The number of allylic oxidation sites excluding steroid dienone is 5. The van der Waals surface area contributed by atoms with Crippen molar-refractivity contribution in [3.8, 4) is 45.0 Å². The molecule has 0 spiro atoms. The molecule has 6 heteroatoms. The van der Waals surface area contributed by atoms with Crippen molar-refractivity contribution in [3.05, 3.63) is 260 Å². The fourth-order valence-corrected chi connectivity index (χ4v) is 11.4. The molecule has 2 aromatic heterocycles. The van der Waals surface area contributed by atoms with Crippen LogP contribution in [0.1, 0.15) is 12.0 Å². The van der Waals surface area contributed by atoms with Crippen molar-refractivity contribution in [1.29, 1.82) is 0 Å². The van der Waals surface area contributed by atoms with Gasteiger partial charge in [0.2, 0.25) is 5.96 Å². The summed E-state index contributed by atoms with van der Waals surface area (Å²) in [5.41, 5.74) is 18.1. The number of rotatable bonds is 5. The first-order valence-corrected chi connectivity index (χ1v) is 24.6. The summed E-state index contributed by atoms with van der Waals surface area (Å²) in [6.45, 7) is 0. The molecule has 4 aliphatic rings. The minimum Gasteiger partial charge on any atom is -0.309 e. The molecule has 72 heavy (non-hydrogen) atoms. The Morgan fingerprint density at radius 1 is 0.375 bits per heavy atom. The third-order valence-electron chi connectivity index (χ3n) is 14.6. The van der Waals surface area contributed by atoms with E-state index in [0.29, 0.717) is 12.4 Å². The fourth-order valence-electron chi connectivity index (χ4n) is 11.4. The molecule has 3 aliphatic heterocycles. The first-order chi connectivity index (χ1) is 35.7. The normalized spacial score (nSPS) is 13.8. The second-order valence-corrected chi connectivity index (χ2v) is 18.8. The lowest BCUT2D eigenvalue weighted by molar-refractivity contribution is 1.08. The topological polar surface area (TPSA) is 52.4 Å². The van der Waals surface area contributed by atoms with Crippen LogP contribution in [0.5, 0.6) is 0 Å². The Kier molecular flexibility index (Phi) is 8.92. The Morgan fingerprint density at radius 2 is 0.944 bits per heavy atom. The largest absolute Gasteiger partial charge is 0.309 e. The van der Waals surface area contributed by atoms with Crippen molar-refractivity contribution in [1.82, 2.24) is 18.7 Å². The minimum atomic E-state index is 0.569. The summed E-state index contributed by atoms with van der Waals surface area (Å²) in [6.07, 6.45) is 9.12. The van der Waals surface area contributed by atoms with Crippen molar-refractivity contribution in [2.24, 2.45) is 9.98 Å². The van der Waals surface area contributed by atoms with Gasteiger partial charge in [0.1, 0.15) is 5.82 Å². The van der Waals surface area contributed by atoms with Gasteiger partial charge in [-0.3, -0.25) is 4.57 Å². The predicted molar refractivity (Wildman–Crippen MR) is 299 cm³/mol. The number of fused-ring (bicyclic) bond motifs is 12. The highest BCUT2D eigenvalue weighted by molar-refractivity contribution is 6.21. The first-order valence-electron chi connectivity index (χ1n) is 24.6. The van der Waals surface area contributed by atoms with Crippen LogP contribution < -0.4 is 0 Å². The second-order valence-electron chi connectivity index (χ2n) is 18.8. The highest BCUT2D eigenvalue weighted by Crippen LogP contribution is 2.44. The Balaban J connectivity index is 1.08. The van der Waals surface area contributed by atoms with E-state index >= 15 is 0 Å². The van der Waals surface area contributed by atoms with E-state index in [1.807, 2.05) is 0 Å². The number of aliphatic imine (C=N–C) groups is 2. The smallest absolute Gasteiger partial charge is 0.236 e. The molecule has 11 aromatic rings. The van der Waals surface area contributed by atoms with Crippen molar-refractivity contribution in [3.63, 3.8) is 0 Å². The predicted octanol–water partition coefficient (Wildman–Crippen LogP) is 16.3. The van der Waals surface area contributed by atoms with E-state index in [9.17, 15) is 0 Å². The number of aromatic nitrogens is 4. The van der Waals surface area contributed by atoms with Crippen LogP contribution in [0.25, 0.3) is 110 Å². The zero-order chi connectivity index (χ0) is 47.3. The zero-order valence-electron chi connectivity index (χ0n) is 39.0. The average Bonchev–Trinajstić information content (AvgIpc) is 3.96. The van der Waals surface area contributed by atoms with Gasteiger partial charge in [-0.05, 0) is 101 Å². The molecule has 6 nitrogen and oxygen atoms in total. The standard InChI is InChI=1S/C66H42N6/c1-4-18-42(19-5-1)63-45-20-10-11-21-48(37-45)67-66(69-63)72-64-47(39-57-51-26-12-15-29-58(51)68-65(57)72)36-46(43-32-34-54-52-27-13-16-30-59(52)70(61(54)40-43)49-22-6-2-7-23-49)38-56(64)44-33-35-55-53-28-14-17-31-60(53)71(62(55)41-44)50-24-8-3-9-25-50/h1-36,38-41H,37H2. The molecule has 0 amide bonds. The van der Waals surface area contributed by atoms with Gasteiger partial charge in [0.15, 0.2) is 0 Å². The van der Waals surface area contributed by atoms with E-state index in [4.69, 9.17) is 15.0 Å². The van der Waals surface area contributed by atoms with Gasteiger partial charge < -0.3 is 9.13 Å². The van der Waals surface area contributed by atoms with Crippen LogP contribution in [-0.4, -0.2) is 30.4 Å². The van der Waals surface area contributed by atoms with Crippen molar-refractivity contribution in [2.75, 3.05) is 0 Å². The molecule has 0 atom stereocenters. The van der Waals surface area contributed by atoms with E-state index in [0.717, 1.165) is 106 Å². The van der Waals surface area contributed by atoms with E-state index in [-0.39, 0.29) is 0 Å². The van der Waals surface area contributed by atoms with Crippen LogP contribution in [-0.2, 0) is 0 Å². The molecular weight excluding hydrogens is 877 g/mol. The van der Waals surface area contributed by atoms with E-state index < -0.39 is 0 Å². The molecule has 336 valence electrons. The zero-order valence-corrected chi connectivity index (χ0v) is 39.0. The van der Waals surface area contributed by atoms with Gasteiger partial charge in [0.25, 0.3) is 0 Å². The summed E-state index contributed by atoms with van der Waals surface area (Å²) in [6, 6.07) is 78.9. The number of hydrogen-bond donors (Lipinski definition) is 0. The molecule has 0 fully saturated rings. The summed E-state index contributed by atoms with van der Waals surface area (Å²) >= 11 is 0. The molecule has 2 bridgehead atoms. The molecule has 9 aromatic carbocycles. The average molecular weight is 919 g/mol. The Hall–Kier alpha value is -9.65. The maximum atomic E-state index is 5.65. The van der Waals surface area contributed by atoms with Crippen molar-refractivity contribution >= 4 is 77.1 Å².